The van der Waals surface area contributed by atoms with Gasteiger partial charge >= 0.3 is 0 Å². The van der Waals surface area contributed by atoms with Gasteiger partial charge in [-0.05, 0) is 48.1 Å². The number of amides is 1. The Morgan fingerprint density at radius 1 is 1.35 bits per heavy atom. The van der Waals surface area contributed by atoms with Gasteiger partial charge in [0.25, 0.3) is 5.91 Å². The van der Waals surface area contributed by atoms with Gasteiger partial charge in [0.15, 0.2) is 0 Å². The summed E-state index contributed by atoms with van der Waals surface area (Å²) >= 11 is 2.20. The zero-order valence-electron chi connectivity index (χ0n) is 10.5. The first-order valence-corrected chi connectivity index (χ1v) is 7.28. The highest BCUT2D eigenvalue weighted by Crippen LogP contribution is 2.12. The van der Waals surface area contributed by atoms with E-state index in [9.17, 15) is 4.79 Å². The molecule has 0 saturated heterocycles. The fourth-order valence-electron chi connectivity index (χ4n) is 1.72. The van der Waals surface area contributed by atoms with E-state index >= 15 is 0 Å². The number of benzene rings is 1. The van der Waals surface area contributed by atoms with Crippen LogP contribution in [0.4, 0.5) is 0 Å². The lowest BCUT2D eigenvalue weighted by Gasteiger charge is -2.14. The Balaban J connectivity index is 2.46. The maximum Gasteiger partial charge on any atom is 0.252 e. The smallest absolute Gasteiger partial charge is 0.252 e. The van der Waals surface area contributed by atoms with Gasteiger partial charge in [0.05, 0.1) is 5.56 Å². The molecule has 2 nitrogen and oxygen atoms in total. The van der Waals surface area contributed by atoms with Crippen LogP contribution in [0.2, 0.25) is 0 Å². The van der Waals surface area contributed by atoms with Crippen LogP contribution < -0.4 is 5.32 Å². The van der Waals surface area contributed by atoms with E-state index in [0.29, 0.717) is 0 Å². The minimum atomic E-state index is 0.0407. The van der Waals surface area contributed by atoms with Crippen LogP contribution in [-0.2, 0) is 0 Å². The van der Waals surface area contributed by atoms with Crippen molar-refractivity contribution in [3.05, 3.63) is 33.4 Å². The Hall–Kier alpha value is -0.580. The van der Waals surface area contributed by atoms with Crippen molar-refractivity contribution in [2.24, 2.45) is 0 Å². The molecule has 0 aromatic heterocycles. The van der Waals surface area contributed by atoms with Gasteiger partial charge in [-0.15, -0.1) is 0 Å². The molecule has 1 unspecified atom stereocenters. The van der Waals surface area contributed by atoms with Crippen LogP contribution >= 0.6 is 22.6 Å². The van der Waals surface area contributed by atoms with Gasteiger partial charge in [-0.3, -0.25) is 4.79 Å². The van der Waals surface area contributed by atoms with Gasteiger partial charge in [-0.1, -0.05) is 38.3 Å². The quantitative estimate of drug-likeness (QED) is 0.613. The Bertz CT molecular complexity index is 365. The number of nitrogens with one attached hydrogen (secondary N) is 1. The van der Waals surface area contributed by atoms with Crippen LogP contribution in [0.3, 0.4) is 0 Å². The molecule has 1 N–H and O–H groups in total. The second kappa shape index (κ2) is 7.69. The van der Waals surface area contributed by atoms with Crippen molar-refractivity contribution in [3.63, 3.8) is 0 Å². The van der Waals surface area contributed by atoms with Gasteiger partial charge in [-0.25, -0.2) is 0 Å². The van der Waals surface area contributed by atoms with Crippen molar-refractivity contribution in [3.8, 4) is 0 Å². The lowest BCUT2D eigenvalue weighted by atomic mass is 10.1. The molecule has 1 aromatic rings. The van der Waals surface area contributed by atoms with Gasteiger partial charge in [0, 0.05) is 9.61 Å². The minimum Gasteiger partial charge on any atom is -0.350 e. The molecule has 3 heteroatoms. The summed E-state index contributed by atoms with van der Waals surface area (Å²) in [5, 5.41) is 3.05. The summed E-state index contributed by atoms with van der Waals surface area (Å²) in [4.78, 5) is 12.0. The van der Waals surface area contributed by atoms with E-state index in [1.54, 1.807) is 0 Å². The van der Waals surface area contributed by atoms with Gasteiger partial charge < -0.3 is 5.32 Å². The van der Waals surface area contributed by atoms with E-state index < -0.39 is 0 Å². The minimum absolute atomic E-state index is 0.0407. The zero-order valence-corrected chi connectivity index (χ0v) is 12.7. The molecule has 0 heterocycles. The average molecular weight is 345 g/mol. The van der Waals surface area contributed by atoms with E-state index in [-0.39, 0.29) is 11.9 Å². The first kappa shape index (κ1) is 14.5. The van der Waals surface area contributed by atoms with Crippen molar-refractivity contribution in [2.45, 2.75) is 45.6 Å². The lowest BCUT2D eigenvalue weighted by Crippen LogP contribution is -2.32. The molecule has 1 amide bonds. The molecule has 17 heavy (non-hydrogen) atoms. The SMILES string of the molecule is CCCCCC(C)NC(=O)c1ccccc1I. The average Bonchev–Trinajstić information content (AvgIpc) is 2.29. The highest BCUT2D eigenvalue weighted by molar-refractivity contribution is 14.1. The number of halogens is 1. The molecule has 0 aliphatic heterocycles. The molecular weight excluding hydrogens is 325 g/mol. The number of rotatable bonds is 6. The summed E-state index contributed by atoms with van der Waals surface area (Å²) in [7, 11) is 0. The normalized spacial score (nSPS) is 12.2. The lowest BCUT2D eigenvalue weighted by molar-refractivity contribution is 0.0937. The van der Waals surface area contributed by atoms with E-state index in [0.717, 1.165) is 15.6 Å². The highest BCUT2D eigenvalue weighted by Gasteiger charge is 2.11. The monoisotopic (exact) mass is 345 g/mol. The molecule has 1 atom stereocenters. The number of carbonyl (C=O) groups is 1. The Morgan fingerprint density at radius 3 is 2.71 bits per heavy atom. The van der Waals surface area contributed by atoms with Gasteiger partial charge in [0.1, 0.15) is 0 Å². The number of carbonyl (C=O) groups excluding carboxylic acids is 1. The second-order valence-corrected chi connectivity index (χ2v) is 5.51. The third-order valence-corrected chi connectivity index (χ3v) is 3.68. The fourth-order valence-corrected chi connectivity index (χ4v) is 2.35. The third kappa shape index (κ3) is 5.06. The standard InChI is InChI=1S/C14H20INO/c1-3-4-5-8-11(2)16-14(17)12-9-6-7-10-13(12)15/h6-7,9-11H,3-5,8H2,1-2H3,(H,16,17). The van der Waals surface area contributed by atoms with E-state index in [4.69, 9.17) is 0 Å². The van der Waals surface area contributed by atoms with Crippen LogP contribution in [0.5, 0.6) is 0 Å². The second-order valence-electron chi connectivity index (χ2n) is 4.35. The van der Waals surface area contributed by atoms with Gasteiger partial charge in [-0.2, -0.15) is 0 Å². The molecule has 0 aliphatic carbocycles. The first-order valence-electron chi connectivity index (χ1n) is 6.20. The van der Waals surface area contributed by atoms with Gasteiger partial charge in [0.2, 0.25) is 0 Å². The topological polar surface area (TPSA) is 29.1 Å². The molecule has 0 fully saturated rings. The molecule has 1 rings (SSSR count). The van der Waals surface area contributed by atoms with Crippen molar-refractivity contribution in [2.75, 3.05) is 0 Å². The van der Waals surface area contributed by atoms with Crippen molar-refractivity contribution in [1.82, 2.24) is 5.32 Å². The molecule has 0 radical (unpaired) electrons. The molecule has 94 valence electrons. The van der Waals surface area contributed by atoms with Crippen LogP contribution in [0, 0.1) is 3.57 Å². The summed E-state index contributed by atoms with van der Waals surface area (Å²) < 4.78 is 1.00. The third-order valence-electron chi connectivity index (χ3n) is 2.74. The van der Waals surface area contributed by atoms with Crippen molar-refractivity contribution in [1.29, 1.82) is 0 Å². The number of unbranched alkanes of at least 4 members (excludes halogenated alkanes) is 2. The Kier molecular flexibility index (Phi) is 6.55. The maximum absolute atomic E-state index is 12.0. The predicted octanol–water partition coefficient (Wildman–Crippen LogP) is 3.99. The fraction of sp³-hybridized carbons (Fsp3) is 0.500. The largest absolute Gasteiger partial charge is 0.350 e. The highest BCUT2D eigenvalue weighted by atomic mass is 127. The van der Waals surface area contributed by atoms with E-state index in [2.05, 4.69) is 41.8 Å². The van der Waals surface area contributed by atoms with Crippen LogP contribution in [0.1, 0.15) is 49.9 Å². The number of hydrogen-bond donors (Lipinski definition) is 1. The van der Waals surface area contributed by atoms with Crippen LogP contribution in [-0.4, -0.2) is 11.9 Å². The summed E-state index contributed by atoms with van der Waals surface area (Å²) in [6.45, 7) is 4.26. The predicted molar refractivity (Wildman–Crippen MR) is 80.2 cm³/mol. The Labute approximate surface area is 117 Å². The number of hydrogen-bond acceptors (Lipinski definition) is 1. The van der Waals surface area contributed by atoms with Crippen molar-refractivity contribution >= 4 is 28.5 Å². The molecule has 1 aromatic carbocycles. The molecule has 0 saturated carbocycles. The molecular formula is C14H20INO. The Morgan fingerprint density at radius 2 is 2.06 bits per heavy atom. The molecule has 0 aliphatic rings. The summed E-state index contributed by atoms with van der Waals surface area (Å²) in [6, 6.07) is 7.93. The molecule has 0 bridgehead atoms. The molecule has 0 spiro atoms. The summed E-state index contributed by atoms with van der Waals surface area (Å²) in [5.41, 5.74) is 0.774. The van der Waals surface area contributed by atoms with E-state index in [1.807, 2.05) is 24.3 Å². The van der Waals surface area contributed by atoms with Crippen LogP contribution in [0.15, 0.2) is 24.3 Å². The summed E-state index contributed by atoms with van der Waals surface area (Å²) in [6.07, 6.45) is 4.70. The maximum atomic E-state index is 12.0. The van der Waals surface area contributed by atoms with Crippen molar-refractivity contribution < 1.29 is 4.79 Å². The van der Waals surface area contributed by atoms with Crippen LogP contribution in [0.25, 0.3) is 0 Å². The zero-order chi connectivity index (χ0) is 12.7. The summed E-state index contributed by atoms with van der Waals surface area (Å²) in [5.74, 6) is 0.0407. The van der Waals surface area contributed by atoms with E-state index in [1.165, 1.54) is 19.3 Å². The first-order chi connectivity index (χ1) is 8.15.